The smallest absolute Gasteiger partial charge is 0.188 e. The van der Waals surface area contributed by atoms with Gasteiger partial charge in [-0.1, -0.05) is 48.6 Å². The molecule has 228 valence electrons. The van der Waals surface area contributed by atoms with Crippen molar-refractivity contribution in [2.75, 3.05) is 50.1 Å². The number of piperidine rings is 2. The van der Waals surface area contributed by atoms with Crippen LogP contribution in [0, 0.1) is 11.8 Å². The maximum absolute atomic E-state index is 8.68. The van der Waals surface area contributed by atoms with E-state index >= 15 is 0 Å². The molecule has 6 bridgehead atoms. The zero-order chi connectivity index (χ0) is 29.9. The maximum Gasteiger partial charge on any atom is 0.188 e. The van der Waals surface area contributed by atoms with Gasteiger partial charge in [-0.25, -0.2) is 0 Å². The molecule has 2 saturated carbocycles. The number of ether oxygens (including phenoxy) is 1. The van der Waals surface area contributed by atoms with E-state index in [1.165, 1.54) is 74.4 Å². The van der Waals surface area contributed by atoms with E-state index in [4.69, 9.17) is 4.74 Å². The first-order valence-electron chi connectivity index (χ1n) is 17.7. The highest BCUT2D eigenvalue weighted by Gasteiger charge is 2.88. The van der Waals surface area contributed by atoms with Crippen LogP contribution in [0.15, 0.2) is 95.4 Å². The Labute approximate surface area is 266 Å². The number of fused-ring (bicyclic) bond motifs is 8. The third-order valence-electron chi connectivity index (χ3n) is 15.9. The van der Waals surface area contributed by atoms with Crippen LogP contribution < -0.4 is 9.80 Å². The number of likely N-dealkylation sites (N-methyl/N-ethyl adjacent to an activating group) is 2. The van der Waals surface area contributed by atoms with E-state index in [-0.39, 0.29) is 10.8 Å². The molecular formula is C40H44N4O+2. The lowest BCUT2D eigenvalue weighted by Crippen LogP contribution is -2.83. The van der Waals surface area contributed by atoms with E-state index < -0.39 is 11.4 Å². The SMILES string of the molecule is CC=C1C[N+]2(C)CCC34c5ccccc5N5C=C6C7CC8C9(CC[N+]8(C)CC7=CC)c7ccccc7N7C=C(C1CC32)C54OC679. The number of anilines is 2. The summed E-state index contributed by atoms with van der Waals surface area (Å²) in [4.78, 5) is 5.48. The first kappa shape index (κ1) is 25.0. The Morgan fingerprint density at radius 1 is 0.689 bits per heavy atom. The number of quaternary nitrogens is 2. The first-order chi connectivity index (χ1) is 21.8. The van der Waals surface area contributed by atoms with Crippen LogP contribution >= 0.6 is 0 Å². The Balaban J connectivity index is 1.26. The van der Waals surface area contributed by atoms with Crippen molar-refractivity contribution in [3.63, 3.8) is 0 Å². The minimum absolute atomic E-state index is 0.0640. The van der Waals surface area contributed by atoms with Crippen molar-refractivity contribution in [1.29, 1.82) is 0 Å². The van der Waals surface area contributed by atoms with Gasteiger partial charge in [0, 0.05) is 72.4 Å². The Kier molecular flexibility index (Phi) is 3.93. The predicted molar refractivity (Wildman–Crippen MR) is 176 cm³/mol. The van der Waals surface area contributed by atoms with Crippen LogP contribution in [0.2, 0.25) is 0 Å². The second kappa shape index (κ2) is 7.07. The fraction of sp³-hybridized carbons (Fsp3) is 0.500. The largest absolute Gasteiger partial charge is 0.319 e. The molecule has 8 aliphatic heterocycles. The highest BCUT2D eigenvalue weighted by molar-refractivity contribution is 5.82. The molecule has 45 heavy (non-hydrogen) atoms. The lowest BCUT2D eigenvalue weighted by molar-refractivity contribution is -0.925. The van der Waals surface area contributed by atoms with Gasteiger partial charge in [-0.05, 0) is 48.3 Å². The van der Waals surface area contributed by atoms with Crippen molar-refractivity contribution < 1.29 is 13.7 Å². The van der Waals surface area contributed by atoms with Crippen LogP contribution in [0.1, 0.15) is 50.7 Å². The number of benzene rings is 2. The Morgan fingerprint density at radius 3 is 1.58 bits per heavy atom. The minimum atomic E-state index is -0.502. The van der Waals surface area contributed by atoms with Gasteiger partial charge in [-0.3, -0.25) is 0 Å². The van der Waals surface area contributed by atoms with Crippen molar-refractivity contribution in [2.24, 2.45) is 11.8 Å². The van der Waals surface area contributed by atoms with Crippen LogP contribution in [-0.4, -0.2) is 72.8 Å². The Morgan fingerprint density at radius 2 is 1.13 bits per heavy atom. The molecule has 2 aliphatic carbocycles. The van der Waals surface area contributed by atoms with E-state index in [0.29, 0.717) is 23.9 Å². The first-order valence-corrected chi connectivity index (χ1v) is 17.7. The minimum Gasteiger partial charge on any atom is -0.319 e. The second-order valence-electron chi connectivity index (χ2n) is 16.8. The Bertz CT molecular complexity index is 1800. The van der Waals surface area contributed by atoms with E-state index in [9.17, 15) is 0 Å². The van der Waals surface area contributed by atoms with Gasteiger partial charge in [0.15, 0.2) is 11.4 Å². The summed E-state index contributed by atoms with van der Waals surface area (Å²) in [7, 11) is 5.15. The highest BCUT2D eigenvalue weighted by Crippen LogP contribution is 2.79. The maximum atomic E-state index is 8.68. The Hall–Kier alpha value is -3.12. The van der Waals surface area contributed by atoms with Crippen LogP contribution in [0.5, 0.6) is 0 Å². The fourth-order valence-corrected chi connectivity index (χ4v) is 14.4. The standard InChI is InChI=1S/C40H44N4O/c1-5-25-23-43(3)17-15-37-29-11-7-10-14-34(29)42-22-32-28-20-36-38(16-18-44(36,4)24-26(28)6-2)30-12-8-9-13-33(30)41-21-31(27(25)19-35(37)43)39(37,42)45-40(32,38)41/h5-14,21-22,27-28,35-36H,15-20,23-24H2,1-4H3/q+2. The van der Waals surface area contributed by atoms with Crippen LogP contribution in [0.25, 0.3) is 0 Å². The molecule has 0 aromatic heterocycles. The van der Waals surface area contributed by atoms with Crippen molar-refractivity contribution in [3.8, 4) is 0 Å². The molecule has 10 aliphatic rings. The molecule has 4 saturated heterocycles. The molecule has 0 amide bonds. The molecule has 12 rings (SSSR count). The molecule has 0 N–H and O–H groups in total. The zero-order valence-corrected chi connectivity index (χ0v) is 27.1. The summed E-state index contributed by atoms with van der Waals surface area (Å²) in [5.41, 5.74) is 11.1. The van der Waals surface area contributed by atoms with E-state index in [0.717, 1.165) is 8.97 Å². The monoisotopic (exact) mass is 596 g/mol. The second-order valence-corrected chi connectivity index (χ2v) is 16.8. The predicted octanol–water partition coefficient (Wildman–Crippen LogP) is 6.10. The summed E-state index contributed by atoms with van der Waals surface area (Å²) in [6.45, 7) is 9.36. The number of allylic oxidation sites excluding steroid dienone is 2. The molecule has 5 heteroatoms. The molecule has 2 aromatic rings. The summed E-state index contributed by atoms with van der Waals surface area (Å²) in [5.74, 6) is 0.841. The number of hydrogen-bond donors (Lipinski definition) is 0. The van der Waals surface area contributed by atoms with Gasteiger partial charge < -0.3 is 23.5 Å². The van der Waals surface area contributed by atoms with Crippen molar-refractivity contribution in [2.45, 2.75) is 73.9 Å². The number of para-hydroxylation sites is 2. The molecule has 10 atom stereocenters. The van der Waals surface area contributed by atoms with Crippen LogP contribution in [0.3, 0.4) is 0 Å². The molecule has 6 fully saturated rings. The fourth-order valence-electron chi connectivity index (χ4n) is 14.4. The number of rotatable bonds is 0. The van der Waals surface area contributed by atoms with Gasteiger partial charge in [-0.2, -0.15) is 0 Å². The highest BCUT2D eigenvalue weighted by atomic mass is 16.6. The average Bonchev–Trinajstić information content (AvgIpc) is 3.72. The summed E-state index contributed by atoms with van der Waals surface area (Å²) in [5, 5.41) is 0. The zero-order valence-electron chi connectivity index (χ0n) is 27.1. The molecule has 10 unspecified atom stereocenters. The van der Waals surface area contributed by atoms with Gasteiger partial charge in [0.05, 0.1) is 27.2 Å². The topological polar surface area (TPSA) is 15.7 Å². The van der Waals surface area contributed by atoms with Crippen molar-refractivity contribution in [3.05, 3.63) is 107 Å². The molecule has 5 nitrogen and oxygen atoms in total. The van der Waals surface area contributed by atoms with Crippen LogP contribution in [0.4, 0.5) is 11.4 Å². The average molecular weight is 597 g/mol. The van der Waals surface area contributed by atoms with Gasteiger partial charge in [0.1, 0.15) is 36.0 Å². The molecular weight excluding hydrogens is 552 g/mol. The normalized spacial score (nSPS) is 51.1. The number of nitrogens with zero attached hydrogens (tertiary/aromatic N) is 4. The van der Waals surface area contributed by atoms with E-state index in [2.05, 4.69) is 111 Å². The summed E-state index contributed by atoms with van der Waals surface area (Å²) in [6, 6.07) is 20.1. The lowest BCUT2D eigenvalue weighted by Gasteiger charge is -2.70. The summed E-state index contributed by atoms with van der Waals surface area (Å²) >= 11 is 0. The molecule has 2 aromatic carbocycles. The quantitative estimate of drug-likeness (QED) is 0.270. The number of hydrogen-bond acceptors (Lipinski definition) is 3. The van der Waals surface area contributed by atoms with E-state index in [1.54, 1.807) is 22.3 Å². The lowest BCUT2D eigenvalue weighted by atomic mass is 9.51. The molecule has 4 spiro atoms. The third-order valence-corrected chi connectivity index (χ3v) is 15.9. The van der Waals surface area contributed by atoms with E-state index in [1.807, 2.05) is 0 Å². The van der Waals surface area contributed by atoms with Gasteiger partial charge >= 0.3 is 0 Å². The molecule has 0 radical (unpaired) electrons. The van der Waals surface area contributed by atoms with Crippen molar-refractivity contribution in [1.82, 2.24) is 0 Å². The third kappa shape index (κ3) is 2.12. The van der Waals surface area contributed by atoms with Gasteiger partial charge in [0.25, 0.3) is 0 Å². The van der Waals surface area contributed by atoms with Crippen molar-refractivity contribution >= 4 is 11.4 Å². The molecule has 8 heterocycles. The van der Waals surface area contributed by atoms with Crippen LogP contribution in [-0.2, 0) is 15.6 Å². The van der Waals surface area contributed by atoms with Gasteiger partial charge in [0.2, 0.25) is 0 Å². The summed E-state index contributed by atoms with van der Waals surface area (Å²) < 4.78 is 11.0. The summed E-state index contributed by atoms with van der Waals surface area (Å²) in [6.07, 6.45) is 15.2. The van der Waals surface area contributed by atoms with Gasteiger partial charge in [-0.15, -0.1) is 0 Å².